The first-order valence-electron chi connectivity index (χ1n) is 4.98. The van der Waals surface area contributed by atoms with E-state index in [0.29, 0.717) is 22.1 Å². The molecule has 0 aromatic heterocycles. The van der Waals surface area contributed by atoms with Gasteiger partial charge in [0.1, 0.15) is 0 Å². The number of nitrogens with two attached hydrogens (primary N) is 1. The topological polar surface area (TPSA) is 46.3 Å². The minimum atomic E-state index is -0.104. The van der Waals surface area contributed by atoms with Gasteiger partial charge in [-0.2, -0.15) is 0 Å². The van der Waals surface area contributed by atoms with Crippen LogP contribution in [0.4, 0.5) is 0 Å². The summed E-state index contributed by atoms with van der Waals surface area (Å²) in [6, 6.07) is 5.22. The van der Waals surface area contributed by atoms with Crippen molar-refractivity contribution in [2.45, 2.75) is 6.92 Å². The van der Waals surface area contributed by atoms with Crippen molar-refractivity contribution < 1.29 is 4.79 Å². The molecule has 0 heterocycles. The summed E-state index contributed by atoms with van der Waals surface area (Å²) in [6.07, 6.45) is 0. The Hall–Kier alpha value is -0.400. The first-order valence-corrected chi connectivity index (χ1v) is 6.84. The van der Waals surface area contributed by atoms with E-state index >= 15 is 0 Å². The summed E-state index contributed by atoms with van der Waals surface area (Å²) in [4.78, 5) is 14.1. The molecule has 2 N–H and O–H groups in total. The molecule has 92 valence electrons. The van der Waals surface area contributed by atoms with E-state index in [0.717, 1.165) is 3.57 Å². The third-order valence-corrected chi connectivity index (χ3v) is 3.48. The van der Waals surface area contributed by atoms with Crippen molar-refractivity contribution in [3.05, 3.63) is 32.4 Å². The molecule has 0 saturated heterocycles. The predicted octanol–water partition coefficient (Wildman–Crippen LogP) is 2.69. The van der Waals surface area contributed by atoms with E-state index in [-0.39, 0.29) is 12.5 Å². The number of hydrogen-bond donors (Lipinski definition) is 1. The van der Waals surface area contributed by atoms with E-state index in [1.54, 1.807) is 17.0 Å². The van der Waals surface area contributed by atoms with Gasteiger partial charge in [0.25, 0.3) is 5.91 Å². The second-order valence-electron chi connectivity index (χ2n) is 3.41. The van der Waals surface area contributed by atoms with Gasteiger partial charge in [0.15, 0.2) is 0 Å². The number of carbonyl (C=O) groups is 1. The number of rotatable bonds is 4. The summed E-state index contributed by atoms with van der Waals surface area (Å²) in [5.74, 6) is -0.104. The Morgan fingerprint density at radius 2 is 2.24 bits per heavy atom. The van der Waals surface area contributed by atoms with E-state index < -0.39 is 0 Å². The first-order chi connectivity index (χ1) is 7.95. The van der Waals surface area contributed by atoms with Gasteiger partial charge >= 0.3 is 0 Å². The number of thiocarbonyl (C=S) groups is 1. The van der Waals surface area contributed by atoms with Crippen LogP contribution in [0.15, 0.2) is 18.2 Å². The quantitative estimate of drug-likeness (QED) is 0.643. The van der Waals surface area contributed by atoms with Gasteiger partial charge in [0.2, 0.25) is 0 Å². The Morgan fingerprint density at radius 3 is 2.76 bits per heavy atom. The summed E-state index contributed by atoms with van der Waals surface area (Å²) in [6.45, 7) is 2.72. The zero-order valence-corrected chi connectivity index (χ0v) is 13.0. The normalized spacial score (nSPS) is 10.1. The fourth-order valence-electron chi connectivity index (χ4n) is 1.35. The lowest BCUT2D eigenvalue weighted by molar-refractivity contribution is 0.0787. The van der Waals surface area contributed by atoms with Gasteiger partial charge in [-0.25, -0.2) is 0 Å². The number of hydrogen-bond acceptors (Lipinski definition) is 2. The van der Waals surface area contributed by atoms with Gasteiger partial charge in [0.05, 0.1) is 17.1 Å². The fraction of sp³-hybridized carbons (Fsp3) is 0.273. The number of benzene rings is 1. The Balaban J connectivity index is 3.01. The molecule has 0 unspecified atom stereocenters. The summed E-state index contributed by atoms with van der Waals surface area (Å²) in [5, 5.41) is 0.542. The molecule has 0 atom stereocenters. The Labute approximate surface area is 124 Å². The van der Waals surface area contributed by atoms with Crippen molar-refractivity contribution in [3.8, 4) is 0 Å². The van der Waals surface area contributed by atoms with Gasteiger partial charge in [-0.3, -0.25) is 4.79 Å². The second-order valence-corrected chi connectivity index (χ2v) is 5.53. The summed E-state index contributed by atoms with van der Waals surface area (Å²) >= 11 is 12.8. The van der Waals surface area contributed by atoms with E-state index in [1.165, 1.54) is 0 Å². The van der Waals surface area contributed by atoms with Crippen molar-refractivity contribution in [3.63, 3.8) is 0 Å². The lowest BCUT2D eigenvalue weighted by Crippen LogP contribution is -2.37. The van der Waals surface area contributed by atoms with E-state index in [4.69, 9.17) is 29.6 Å². The molecule has 1 aromatic carbocycles. The summed E-state index contributed by atoms with van der Waals surface area (Å²) < 4.78 is 0.860. The second kappa shape index (κ2) is 6.51. The van der Waals surface area contributed by atoms with Crippen molar-refractivity contribution in [1.29, 1.82) is 0 Å². The molecule has 0 radical (unpaired) electrons. The van der Waals surface area contributed by atoms with Crippen LogP contribution < -0.4 is 5.73 Å². The average molecular weight is 383 g/mol. The molecule has 0 bridgehead atoms. The van der Waals surface area contributed by atoms with Crippen LogP contribution in [0.5, 0.6) is 0 Å². The van der Waals surface area contributed by atoms with E-state index in [9.17, 15) is 4.79 Å². The van der Waals surface area contributed by atoms with Crippen molar-refractivity contribution in [1.82, 2.24) is 4.90 Å². The molecule has 0 aliphatic carbocycles. The number of nitrogens with zero attached hydrogens (tertiary/aromatic N) is 1. The molecule has 0 saturated carbocycles. The zero-order chi connectivity index (χ0) is 13.0. The van der Waals surface area contributed by atoms with E-state index in [1.807, 2.05) is 13.0 Å². The minimum absolute atomic E-state index is 0.104. The monoisotopic (exact) mass is 382 g/mol. The molecular formula is C11H12ClIN2OS. The maximum absolute atomic E-state index is 12.2. The first kappa shape index (κ1) is 14.7. The molecule has 17 heavy (non-hydrogen) atoms. The molecule has 0 spiro atoms. The van der Waals surface area contributed by atoms with Gasteiger partial charge in [-0.05, 0) is 47.7 Å². The summed E-state index contributed by atoms with van der Waals surface area (Å²) in [5.41, 5.74) is 6.04. The van der Waals surface area contributed by atoms with Crippen molar-refractivity contribution in [2.24, 2.45) is 5.73 Å². The van der Waals surface area contributed by atoms with Gasteiger partial charge in [-0.15, -0.1) is 0 Å². The Kier molecular flexibility index (Phi) is 5.61. The number of likely N-dealkylation sites (N-methyl/N-ethyl adjacent to an activating group) is 1. The van der Waals surface area contributed by atoms with Crippen LogP contribution in [0.2, 0.25) is 5.02 Å². The SMILES string of the molecule is CCN(CC(N)=S)C(=O)c1cc(Cl)ccc1I. The molecule has 1 amide bonds. The lowest BCUT2D eigenvalue weighted by atomic mass is 10.2. The van der Waals surface area contributed by atoms with E-state index in [2.05, 4.69) is 22.6 Å². The predicted molar refractivity (Wildman–Crippen MR) is 82.5 cm³/mol. The van der Waals surface area contributed by atoms with Gasteiger partial charge in [-0.1, -0.05) is 23.8 Å². The third kappa shape index (κ3) is 4.08. The molecule has 0 fully saturated rings. The molecule has 3 nitrogen and oxygen atoms in total. The number of carbonyl (C=O) groups excluding carboxylic acids is 1. The molecule has 0 aliphatic heterocycles. The van der Waals surface area contributed by atoms with Crippen LogP contribution in [0.3, 0.4) is 0 Å². The Bertz CT molecular complexity index is 453. The smallest absolute Gasteiger partial charge is 0.255 e. The highest BCUT2D eigenvalue weighted by Gasteiger charge is 2.17. The highest BCUT2D eigenvalue weighted by atomic mass is 127. The highest BCUT2D eigenvalue weighted by Crippen LogP contribution is 2.19. The van der Waals surface area contributed by atoms with Crippen LogP contribution in [0.1, 0.15) is 17.3 Å². The largest absolute Gasteiger partial charge is 0.392 e. The number of halogens is 2. The molecule has 1 rings (SSSR count). The fourth-order valence-corrected chi connectivity index (χ4v) is 2.24. The maximum atomic E-state index is 12.2. The van der Waals surface area contributed by atoms with Crippen molar-refractivity contribution >= 4 is 57.3 Å². The molecular weight excluding hydrogens is 371 g/mol. The standard InChI is InChI=1S/C11H12ClIN2OS/c1-2-15(6-10(14)17)11(16)8-5-7(12)3-4-9(8)13/h3-5H,2,6H2,1H3,(H2,14,17). The lowest BCUT2D eigenvalue weighted by Gasteiger charge is -2.20. The van der Waals surface area contributed by atoms with Crippen LogP contribution in [0, 0.1) is 3.57 Å². The van der Waals surface area contributed by atoms with Crippen molar-refractivity contribution in [2.75, 3.05) is 13.1 Å². The highest BCUT2D eigenvalue weighted by molar-refractivity contribution is 14.1. The van der Waals surface area contributed by atoms with Gasteiger partial charge < -0.3 is 10.6 Å². The summed E-state index contributed by atoms with van der Waals surface area (Å²) in [7, 11) is 0. The van der Waals surface area contributed by atoms with Crippen LogP contribution in [-0.2, 0) is 0 Å². The molecule has 6 heteroatoms. The molecule has 0 aliphatic rings. The van der Waals surface area contributed by atoms with Crippen LogP contribution >= 0.6 is 46.4 Å². The van der Waals surface area contributed by atoms with Gasteiger partial charge in [0, 0.05) is 15.1 Å². The Morgan fingerprint density at radius 1 is 1.59 bits per heavy atom. The minimum Gasteiger partial charge on any atom is -0.392 e. The zero-order valence-electron chi connectivity index (χ0n) is 9.24. The average Bonchev–Trinajstić information content (AvgIpc) is 2.28. The van der Waals surface area contributed by atoms with Crippen LogP contribution in [0.25, 0.3) is 0 Å². The number of amides is 1. The maximum Gasteiger partial charge on any atom is 0.255 e. The third-order valence-electron chi connectivity index (χ3n) is 2.17. The van der Waals surface area contributed by atoms with Crippen LogP contribution in [-0.4, -0.2) is 28.9 Å². The molecule has 1 aromatic rings.